The van der Waals surface area contributed by atoms with E-state index in [1.807, 2.05) is 13.8 Å². The highest BCUT2D eigenvalue weighted by Gasteiger charge is 2.11. The highest BCUT2D eigenvalue weighted by molar-refractivity contribution is 5.85. The lowest BCUT2D eigenvalue weighted by Gasteiger charge is -2.12. The van der Waals surface area contributed by atoms with Gasteiger partial charge >= 0.3 is 5.97 Å². The molecule has 0 aromatic rings. The molecule has 104 valence electrons. The van der Waals surface area contributed by atoms with Gasteiger partial charge in [-0.25, -0.2) is 0 Å². The van der Waals surface area contributed by atoms with Crippen LogP contribution < -0.4 is 10.6 Å². The lowest BCUT2D eigenvalue weighted by atomic mass is 10.1. The molecule has 1 unspecified atom stereocenters. The minimum Gasteiger partial charge on any atom is -0.481 e. The Morgan fingerprint density at radius 2 is 1.72 bits per heavy atom. The molecule has 0 bridgehead atoms. The molecular weight excluding hydrogens is 236 g/mol. The monoisotopic (exact) mass is 258 g/mol. The highest BCUT2D eigenvalue weighted by atomic mass is 16.4. The Balaban J connectivity index is 3.76. The number of nitrogens with one attached hydrogen (secondary N) is 2. The van der Waals surface area contributed by atoms with Crippen molar-refractivity contribution in [1.82, 2.24) is 10.6 Å². The van der Waals surface area contributed by atoms with Gasteiger partial charge in [-0.3, -0.25) is 14.4 Å². The van der Waals surface area contributed by atoms with Gasteiger partial charge in [0.25, 0.3) is 0 Å². The Morgan fingerprint density at radius 3 is 2.22 bits per heavy atom. The molecule has 0 aliphatic heterocycles. The van der Waals surface area contributed by atoms with Crippen LogP contribution in [0.5, 0.6) is 0 Å². The van der Waals surface area contributed by atoms with E-state index >= 15 is 0 Å². The van der Waals surface area contributed by atoms with Gasteiger partial charge in [-0.05, 0) is 19.3 Å². The first kappa shape index (κ1) is 16.4. The van der Waals surface area contributed by atoms with Crippen LogP contribution in [0.25, 0.3) is 0 Å². The van der Waals surface area contributed by atoms with E-state index in [0.29, 0.717) is 12.3 Å². The minimum absolute atomic E-state index is 0.110. The molecule has 0 saturated heterocycles. The second-order valence-electron chi connectivity index (χ2n) is 4.78. The molecule has 0 aromatic carbocycles. The summed E-state index contributed by atoms with van der Waals surface area (Å²) in [5.41, 5.74) is 0. The Bertz CT molecular complexity index is 302. The summed E-state index contributed by atoms with van der Waals surface area (Å²) in [5, 5.41) is 13.5. The summed E-state index contributed by atoms with van der Waals surface area (Å²) in [7, 11) is 0. The number of carboxylic acids is 1. The first-order chi connectivity index (χ1) is 8.31. The van der Waals surface area contributed by atoms with Crippen LogP contribution in [0.15, 0.2) is 0 Å². The van der Waals surface area contributed by atoms with Gasteiger partial charge in [0, 0.05) is 12.5 Å². The molecule has 0 rings (SSSR count). The maximum absolute atomic E-state index is 11.4. The third-order valence-corrected chi connectivity index (χ3v) is 2.28. The molecule has 0 spiro atoms. The molecule has 6 nitrogen and oxygen atoms in total. The predicted molar refractivity (Wildman–Crippen MR) is 66.9 cm³/mol. The number of amides is 2. The smallest absolute Gasteiger partial charge is 0.305 e. The van der Waals surface area contributed by atoms with Crippen LogP contribution in [-0.2, 0) is 14.4 Å². The molecule has 0 heterocycles. The van der Waals surface area contributed by atoms with Crippen LogP contribution in [0.3, 0.4) is 0 Å². The lowest BCUT2D eigenvalue weighted by Crippen LogP contribution is -2.41. The van der Waals surface area contributed by atoms with E-state index in [4.69, 9.17) is 5.11 Å². The topological polar surface area (TPSA) is 95.5 Å². The van der Waals surface area contributed by atoms with Gasteiger partial charge in [0.2, 0.25) is 11.8 Å². The number of hydrogen-bond acceptors (Lipinski definition) is 3. The SMILES string of the molecule is CC(C)CCC(=O)NCC(=O)NC(C)CC(=O)O. The van der Waals surface area contributed by atoms with E-state index in [1.165, 1.54) is 0 Å². The number of carbonyl (C=O) groups excluding carboxylic acids is 2. The Labute approximate surface area is 107 Å². The predicted octanol–water partition coefficient (Wildman–Crippen LogP) is 0.518. The first-order valence-corrected chi connectivity index (χ1v) is 6.09. The Kier molecular flexibility index (Phi) is 7.74. The lowest BCUT2D eigenvalue weighted by molar-refractivity contribution is -0.137. The molecule has 0 aliphatic carbocycles. The van der Waals surface area contributed by atoms with E-state index in [9.17, 15) is 14.4 Å². The van der Waals surface area contributed by atoms with Crippen molar-refractivity contribution in [2.45, 2.75) is 46.1 Å². The zero-order valence-electron chi connectivity index (χ0n) is 11.2. The summed E-state index contributed by atoms with van der Waals surface area (Å²) >= 11 is 0. The van der Waals surface area contributed by atoms with Crippen molar-refractivity contribution in [1.29, 1.82) is 0 Å². The molecule has 0 aromatic heterocycles. The number of hydrogen-bond donors (Lipinski definition) is 3. The van der Waals surface area contributed by atoms with Crippen LogP contribution in [0.2, 0.25) is 0 Å². The summed E-state index contributed by atoms with van der Waals surface area (Å²) in [4.78, 5) is 33.1. The summed E-state index contributed by atoms with van der Waals surface area (Å²) in [5.74, 6) is -1.06. The largest absolute Gasteiger partial charge is 0.481 e. The van der Waals surface area contributed by atoms with Crippen molar-refractivity contribution < 1.29 is 19.5 Å². The van der Waals surface area contributed by atoms with E-state index in [-0.39, 0.29) is 24.8 Å². The van der Waals surface area contributed by atoms with Crippen LogP contribution >= 0.6 is 0 Å². The number of carbonyl (C=O) groups is 3. The van der Waals surface area contributed by atoms with Crippen molar-refractivity contribution in [2.24, 2.45) is 5.92 Å². The molecule has 6 heteroatoms. The zero-order valence-corrected chi connectivity index (χ0v) is 11.2. The molecular formula is C12H22N2O4. The van der Waals surface area contributed by atoms with Gasteiger partial charge in [0.05, 0.1) is 13.0 Å². The fourth-order valence-electron chi connectivity index (χ4n) is 1.33. The van der Waals surface area contributed by atoms with Crippen LogP contribution in [-0.4, -0.2) is 35.5 Å². The molecule has 0 aliphatic rings. The van der Waals surface area contributed by atoms with Gasteiger partial charge in [-0.1, -0.05) is 13.8 Å². The molecule has 18 heavy (non-hydrogen) atoms. The fraction of sp³-hybridized carbons (Fsp3) is 0.750. The second-order valence-corrected chi connectivity index (χ2v) is 4.78. The minimum atomic E-state index is -0.969. The van der Waals surface area contributed by atoms with Gasteiger partial charge in [0.1, 0.15) is 0 Å². The van der Waals surface area contributed by atoms with Crippen molar-refractivity contribution in [3.63, 3.8) is 0 Å². The van der Waals surface area contributed by atoms with Crippen LogP contribution in [0.4, 0.5) is 0 Å². The number of carboxylic acid groups (broad SMARTS) is 1. The van der Waals surface area contributed by atoms with Crippen molar-refractivity contribution >= 4 is 17.8 Å². The summed E-state index contributed by atoms with van der Waals surface area (Å²) in [6.45, 7) is 5.54. The van der Waals surface area contributed by atoms with Crippen molar-refractivity contribution in [3.05, 3.63) is 0 Å². The normalized spacial score (nSPS) is 12.0. The van der Waals surface area contributed by atoms with E-state index in [1.54, 1.807) is 6.92 Å². The third-order valence-electron chi connectivity index (χ3n) is 2.28. The van der Waals surface area contributed by atoms with Gasteiger partial charge < -0.3 is 15.7 Å². The summed E-state index contributed by atoms with van der Waals surface area (Å²) in [6, 6.07) is -0.442. The fourth-order valence-corrected chi connectivity index (χ4v) is 1.33. The van der Waals surface area contributed by atoms with Crippen molar-refractivity contribution in [3.8, 4) is 0 Å². The third kappa shape index (κ3) is 9.62. The average molecular weight is 258 g/mol. The molecule has 1 atom stereocenters. The number of aliphatic carboxylic acids is 1. The van der Waals surface area contributed by atoms with E-state index in [0.717, 1.165) is 6.42 Å². The zero-order chi connectivity index (χ0) is 14.1. The second kappa shape index (κ2) is 8.49. The van der Waals surface area contributed by atoms with Gasteiger partial charge in [0.15, 0.2) is 0 Å². The van der Waals surface area contributed by atoms with E-state index < -0.39 is 12.0 Å². The van der Waals surface area contributed by atoms with Gasteiger partial charge in [-0.15, -0.1) is 0 Å². The quantitative estimate of drug-likeness (QED) is 0.591. The number of rotatable bonds is 8. The first-order valence-electron chi connectivity index (χ1n) is 6.09. The molecule has 2 amide bonds. The maximum Gasteiger partial charge on any atom is 0.305 e. The average Bonchev–Trinajstić information content (AvgIpc) is 2.22. The molecule has 3 N–H and O–H groups in total. The van der Waals surface area contributed by atoms with Crippen LogP contribution in [0, 0.1) is 5.92 Å². The van der Waals surface area contributed by atoms with Gasteiger partial charge in [-0.2, -0.15) is 0 Å². The Morgan fingerprint density at radius 1 is 1.11 bits per heavy atom. The molecule has 0 radical (unpaired) electrons. The molecule has 0 saturated carbocycles. The maximum atomic E-state index is 11.4. The van der Waals surface area contributed by atoms with E-state index in [2.05, 4.69) is 10.6 Å². The standard InChI is InChI=1S/C12H22N2O4/c1-8(2)4-5-10(15)13-7-11(16)14-9(3)6-12(17)18/h8-9H,4-7H2,1-3H3,(H,13,15)(H,14,16)(H,17,18). The summed E-state index contributed by atoms with van der Waals surface area (Å²) < 4.78 is 0. The highest BCUT2D eigenvalue weighted by Crippen LogP contribution is 2.02. The summed E-state index contributed by atoms with van der Waals surface area (Å²) in [6.07, 6.45) is 1.05. The Hall–Kier alpha value is -1.59. The van der Waals surface area contributed by atoms with Crippen LogP contribution in [0.1, 0.15) is 40.0 Å². The van der Waals surface area contributed by atoms with Crippen molar-refractivity contribution in [2.75, 3.05) is 6.54 Å². The molecule has 0 fully saturated rings.